The smallest absolute Gasteiger partial charge is 0.273 e. The van der Waals surface area contributed by atoms with Crippen molar-refractivity contribution >= 4 is 35.2 Å². The molecule has 0 aliphatic carbocycles. The predicted molar refractivity (Wildman–Crippen MR) is 96.3 cm³/mol. The van der Waals surface area contributed by atoms with E-state index in [0.717, 1.165) is 5.01 Å². The van der Waals surface area contributed by atoms with Crippen molar-refractivity contribution in [3.63, 3.8) is 0 Å². The predicted octanol–water partition coefficient (Wildman–Crippen LogP) is 0.102. The van der Waals surface area contributed by atoms with Gasteiger partial charge in [0.1, 0.15) is 18.2 Å². The largest absolute Gasteiger partial charge is 0.448 e. The number of hydrazine groups is 1. The molecule has 11 heteroatoms. The van der Waals surface area contributed by atoms with Crippen molar-refractivity contribution in [3.8, 4) is 0 Å². The maximum Gasteiger partial charge on any atom is 0.273 e. The van der Waals surface area contributed by atoms with Crippen molar-refractivity contribution in [2.75, 3.05) is 12.4 Å². The normalized spacial score (nSPS) is 11.7. The van der Waals surface area contributed by atoms with Crippen LogP contribution in [0.1, 0.15) is 43.1 Å². The average molecular weight is 402 g/mol. The molecule has 0 fully saturated rings. The number of carbonyl (C=O) groups excluding carboxylic acids is 4. The highest BCUT2D eigenvalue weighted by Gasteiger charge is 2.26. The zero-order valence-electron chi connectivity index (χ0n) is 15.5. The topological polar surface area (TPSA) is 148 Å². The first-order chi connectivity index (χ1) is 12.6. The lowest BCUT2D eigenvalue weighted by Gasteiger charge is -2.26. The Morgan fingerprint density at radius 2 is 2.00 bits per heavy atom. The molecule has 0 unspecified atom stereocenters. The third-order valence-electron chi connectivity index (χ3n) is 3.42. The van der Waals surface area contributed by atoms with Crippen LogP contribution in [-0.2, 0) is 14.4 Å². The molecule has 0 aromatic carbocycles. The van der Waals surface area contributed by atoms with Crippen LogP contribution in [0.15, 0.2) is 10.7 Å². The van der Waals surface area contributed by atoms with Gasteiger partial charge in [0, 0.05) is 13.3 Å². The van der Waals surface area contributed by atoms with Crippen molar-refractivity contribution in [2.45, 2.75) is 39.7 Å². The van der Waals surface area contributed by atoms with Gasteiger partial charge in [-0.3, -0.25) is 29.6 Å². The fourth-order valence-corrected chi connectivity index (χ4v) is 2.30. The lowest BCUT2D eigenvalue weighted by atomic mass is 10.0. The van der Waals surface area contributed by atoms with Gasteiger partial charge in [0.25, 0.3) is 17.7 Å². The molecular formula is C16H24ClN5O5. The minimum Gasteiger partial charge on any atom is -0.448 e. The Kier molecular flexibility index (Phi) is 8.73. The minimum atomic E-state index is -0.936. The van der Waals surface area contributed by atoms with Gasteiger partial charge in [0.2, 0.25) is 5.91 Å². The van der Waals surface area contributed by atoms with E-state index >= 15 is 0 Å². The number of oxazole rings is 1. The van der Waals surface area contributed by atoms with Crippen LogP contribution in [-0.4, -0.2) is 52.1 Å². The average Bonchev–Trinajstić information content (AvgIpc) is 3.03. The van der Waals surface area contributed by atoms with E-state index in [2.05, 4.69) is 15.7 Å². The second-order valence-electron chi connectivity index (χ2n) is 6.28. The number of amides is 4. The summed E-state index contributed by atoms with van der Waals surface area (Å²) >= 11 is 5.53. The zero-order valence-corrected chi connectivity index (χ0v) is 16.2. The number of rotatable bonds is 9. The van der Waals surface area contributed by atoms with Gasteiger partial charge in [-0.2, -0.15) is 0 Å². The van der Waals surface area contributed by atoms with Gasteiger partial charge in [-0.15, -0.1) is 11.6 Å². The first kappa shape index (κ1) is 22.4. The van der Waals surface area contributed by atoms with Crippen molar-refractivity contribution in [1.82, 2.24) is 20.7 Å². The molecule has 10 nitrogen and oxygen atoms in total. The maximum atomic E-state index is 12.6. The number of aromatic nitrogens is 1. The Morgan fingerprint density at radius 3 is 2.48 bits per heavy atom. The van der Waals surface area contributed by atoms with Crippen LogP contribution in [0.2, 0.25) is 0 Å². The molecule has 0 aliphatic heterocycles. The van der Waals surface area contributed by atoms with Gasteiger partial charge in [-0.25, -0.2) is 4.98 Å². The summed E-state index contributed by atoms with van der Waals surface area (Å²) in [4.78, 5) is 51.6. The second kappa shape index (κ2) is 10.5. The number of hydrogen-bond donors (Lipinski definition) is 3. The molecule has 1 aromatic rings. The van der Waals surface area contributed by atoms with Crippen LogP contribution in [0.4, 0.5) is 0 Å². The van der Waals surface area contributed by atoms with Gasteiger partial charge in [-0.05, 0) is 12.3 Å². The van der Waals surface area contributed by atoms with E-state index in [1.807, 2.05) is 13.8 Å². The Bertz CT molecular complexity index is 690. The highest BCUT2D eigenvalue weighted by atomic mass is 35.5. The van der Waals surface area contributed by atoms with Gasteiger partial charge >= 0.3 is 0 Å². The van der Waals surface area contributed by atoms with Crippen LogP contribution in [0.3, 0.4) is 0 Å². The molecule has 1 aromatic heterocycles. The van der Waals surface area contributed by atoms with Crippen LogP contribution >= 0.6 is 11.6 Å². The summed E-state index contributed by atoms with van der Waals surface area (Å²) in [5.41, 5.74) is 7.50. The molecule has 1 heterocycles. The molecule has 27 heavy (non-hydrogen) atoms. The van der Waals surface area contributed by atoms with Crippen molar-refractivity contribution < 1.29 is 23.6 Å². The van der Waals surface area contributed by atoms with E-state index in [4.69, 9.17) is 21.8 Å². The molecule has 0 saturated heterocycles. The Balaban J connectivity index is 2.86. The number of alkyl halides is 1. The standard InChI is InChI=1S/C16H24ClN5O5/c1-9(2)6-11(20-15(25)12-8-27-10(3)19-12)16(26)21-22(14(24)7-17)5-4-13(18)23/h8-9,11H,4-7H2,1-3H3,(H2,18,23)(H,20,25)(H,21,26)/t11-/m1/s1. The first-order valence-electron chi connectivity index (χ1n) is 8.32. The van der Waals surface area contributed by atoms with E-state index in [-0.39, 0.29) is 24.6 Å². The molecule has 0 bridgehead atoms. The number of carbonyl (C=O) groups is 4. The highest BCUT2D eigenvalue weighted by Crippen LogP contribution is 2.08. The summed E-state index contributed by atoms with van der Waals surface area (Å²) in [5, 5.41) is 3.49. The van der Waals surface area contributed by atoms with Gasteiger partial charge in [0.05, 0.1) is 6.54 Å². The molecule has 0 spiro atoms. The minimum absolute atomic E-state index is 0.0384. The molecule has 4 amide bonds. The zero-order chi connectivity index (χ0) is 20.6. The Labute approximate surface area is 161 Å². The summed E-state index contributed by atoms with van der Waals surface area (Å²) in [6.45, 7) is 5.21. The van der Waals surface area contributed by atoms with E-state index in [9.17, 15) is 19.2 Å². The molecule has 1 atom stereocenters. The number of hydrogen-bond acceptors (Lipinski definition) is 6. The van der Waals surface area contributed by atoms with E-state index in [0.29, 0.717) is 12.3 Å². The van der Waals surface area contributed by atoms with E-state index in [1.54, 1.807) is 6.92 Å². The molecule has 0 saturated carbocycles. The van der Waals surface area contributed by atoms with Gasteiger partial charge in [-0.1, -0.05) is 13.8 Å². The van der Waals surface area contributed by atoms with Crippen molar-refractivity contribution in [1.29, 1.82) is 0 Å². The lowest BCUT2D eigenvalue weighted by molar-refractivity contribution is -0.141. The summed E-state index contributed by atoms with van der Waals surface area (Å²) in [6, 6.07) is -0.936. The number of nitrogens with two attached hydrogens (primary N) is 1. The number of halogens is 1. The summed E-state index contributed by atoms with van der Waals surface area (Å²) in [6.07, 6.45) is 1.35. The van der Waals surface area contributed by atoms with E-state index in [1.165, 1.54) is 6.26 Å². The van der Waals surface area contributed by atoms with Crippen molar-refractivity contribution in [3.05, 3.63) is 17.8 Å². The lowest BCUT2D eigenvalue weighted by Crippen LogP contribution is -2.55. The molecule has 0 aliphatic rings. The third kappa shape index (κ3) is 7.65. The molecule has 4 N–H and O–H groups in total. The number of aryl methyl sites for hydroxylation is 1. The number of nitrogens with zero attached hydrogens (tertiary/aromatic N) is 2. The fourth-order valence-electron chi connectivity index (χ4n) is 2.15. The van der Waals surface area contributed by atoms with Crippen LogP contribution in [0, 0.1) is 12.8 Å². The number of primary amides is 1. The highest BCUT2D eigenvalue weighted by molar-refractivity contribution is 6.27. The van der Waals surface area contributed by atoms with Gasteiger partial charge < -0.3 is 15.5 Å². The first-order valence-corrected chi connectivity index (χ1v) is 8.85. The molecule has 150 valence electrons. The third-order valence-corrected chi connectivity index (χ3v) is 3.65. The van der Waals surface area contributed by atoms with Crippen LogP contribution in [0.5, 0.6) is 0 Å². The van der Waals surface area contributed by atoms with E-state index < -0.39 is 35.6 Å². The fraction of sp³-hybridized carbons (Fsp3) is 0.562. The quantitative estimate of drug-likeness (QED) is 0.395. The van der Waals surface area contributed by atoms with Gasteiger partial charge in [0.15, 0.2) is 11.6 Å². The second-order valence-corrected chi connectivity index (χ2v) is 6.55. The van der Waals surface area contributed by atoms with Crippen molar-refractivity contribution in [2.24, 2.45) is 11.7 Å². The molecule has 1 rings (SSSR count). The monoisotopic (exact) mass is 401 g/mol. The summed E-state index contributed by atoms with van der Waals surface area (Å²) < 4.78 is 4.99. The summed E-state index contributed by atoms with van der Waals surface area (Å²) in [5.74, 6) is -2.45. The maximum absolute atomic E-state index is 12.6. The molecule has 0 radical (unpaired) electrons. The SMILES string of the molecule is Cc1nc(C(=O)N[C@H](CC(C)C)C(=O)NN(CCC(N)=O)C(=O)CCl)co1. The Hall–Kier alpha value is -2.62. The number of nitrogens with one attached hydrogen (secondary N) is 2. The van der Waals surface area contributed by atoms with Crippen LogP contribution in [0.25, 0.3) is 0 Å². The van der Waals surface area contributed by atoms with Crippen LogP contribution < -0.4 is 16.5 Å². The Morgan fingerprint density at radius 1 is 1.33 bits per heavy atom. The summed E-state index contributed by atoms with van der Waals surface area (Å²) in [7, 11) is 0. The molecular weight excluding hydrogens is 378 g/mol.